The third-order valence-corrected chi connectivity index (χ3v) is 8.16. The Hall–Kier alpha value is -3.69. The van der Waals surface area contributed by atoms with Gasteiger partial charge in [0.15, 0.2) is 0 Å². The molecule has 1 N–H and O–H groups in total. The zero-order chi connectivity index (χ0) is 26.4. The number of ether oxygens (including phenoxy) is 1. The Morgan fingerprint density at radius 2 is 1.87 bits per heavy atom. The Bertz CT molecular complexity index is 1320. The van der Waals surface area contributed by atoms with Gasteiger partial charge in [0.2, 0.25) is 5.88 Å². The summed E-state index contributed by atoms with van der Waals surface area (Å²) in [5.41, 5.74) is 3.74. The van der Waals surface area contributed by atoms with Gasteiger partial charge in [-0.1, -0.05) is 24.3 Å². The van der Waals surface area contributed by atoms with E-state index < -0.39 is 6.43 Å². The highest BCUT2D eigenvalue weighted by atomic mass is 19.3. The smallest absolute Gasteiger partial charge is 0.326 e. The van der Waals surface area contributed by atoms with E-state index in [4.69, 9.17) is 4.74 Å². The maximum Gasteiger partial charge on any atom is 0.326 e. The van der Waals surface area contributed by atoms with Crippen molar-refractivity contribution in [3.05, 3.63) is 65.0 Å². The second-order valence-corrected chi connectivity index (χ2v) is 10.4. The number of aromatic nitrogens is 3. The van der Waals surface area contributed by atoms with E-state index in [2.05, 4.69) is 33.4 Å². The molecule has 6 rings (SSSR count). The summed E-state index contributed by atoms with van der Waals surface area (Å²) in [4.78, 5) is 23.9. The molecule has 2 amide bonds. The predicted octanol–water partition coefficient (Wildman–Crippen LogP) is 5.80. The second kappa shape index (κ2) is 9.89. The third-order valence-electron chi connectivity index (χ3n) is 8.16. The van der Waals surface area contributed by atoms with Gasteiger partial charge in [-0.15, -0.1) is 0 Å². The molecule has 0 bridgehead atoms. The summed E-state index contributed by atoms with van der Waals surface area (Å²) in [5.74, 6) is 1.53. The summed E-state index contributed by atoms with van der Waals surface area (Å²) in [6.45, 7) is 3.55. The van der Waals surface area contributed by atoms with E-state index in [0.717, 1.165) is 16.9 Å². The van der Waals surface area contributed by atoms with E-state index in [-0.39, 0.29) is 29.6 Å². The number of piperidine rings is 1. The molecule has 3 aliphatic rings. The minimum absolute atomic E-state index is 0.0318. The molecule has 0 radical (unpaired) electrons. The van der Waals surface area contributed by atoms with Crippen molar-refractivity contribution in [1.29, 1.82) is 0 Å². The average molecular weight is 523 g/mol. The molecule has 2 fully saturated rings. The highest BCUT2D eigenvalue weighted by Gasteiger charge is 2.42. The normalized spacial score (nSPS) is 20.3. The number of nitrogens with zero attached hydrogens (tertiary/aromatic N) is 5. The summed E-state index contributed by atoms with van der Waals surface area (Å²) in [7, 11) is 1.44. The number of nitrogens with one attached hydrogen (secondary N) is 1. The quantitative estimate of drug-likeness (QED) is 0.424. The molecular formula is C28H32F2N6O2. The molecule has 4 heterocycles. The molecule has 1 atom stereocenters. The molecule has 10 heteroatoms. The van der Waals surface area contributed by atoms with Crippen molar-refractivity contribution in [3.63, 3.8) is 0 Å². The highest BCUT2D eigenvalue weighted by Crippen LogP contribution is 2.44. The molecule has 1 aromatic carbocycles. The van der Waals surface area contributed by atoms with Gasteiger partial charge in [-0.25, -0.2) is 18.6 Å². The lowest BCUT2D eigenvalue weighted by Gasteiger charge is -2.46. The molecule has 38 heavy (non-hydrogen) atoms. The first-order valence-corrected chi connectivity index (χ1v) is 13.2. The van der Waals surface area contributed by atoms with Crippen molar-refractivity contribution in [1.82, 2.24) is 20.1 Å². The first kappa shape index (κ1) is 24.6. The number of methoxy groups -OCH3 is 1. The van der Waals surface area contributed by atoms with Gasteiger partial charge in [0.25, 0.3) is 6.43 Å². The number of halogens is 2. The fourth-order valence-corrected chi connectivity index (χ4v) is 6.08. The molecule has 2 aromatic heterocycles. The van der Waals surface area contributed by atoms with E-state index >= 15 is 0 Å². The highest BCUT2D eigenvalue weighted by molar-refractivity contribution is 5.94. The van der Waals surface area contributed by atoms with Gasteiger partial charge in [0.05, 0.1) is 25.9 Å². The van der Waals surface area contributed by atoms with Gasteiger partial charge in [-0.3, -0.25) is 10.00 Å². The van der Waals surface area contributed by atoms with Crippen LogP contribution in [0.2, 0.25) is 0 Å². The lowest BCUT2D eigenvalue weighted by Crippen LogP contribution is -2.55. The first-order chi connectivity index (χ1) is 18.5. The van der Waals surface area contributed by atoms with Crippen LogP contribution in [0.4, 0.5) is 25.1 Å². The molecule has 200 valence electrons. The van der Waals surface area contributed by atoms with Crippen molar-refractivity contribution in [2.75, 3.05) is 30.0 Å². The average Bonchev–Trinajstić information content (AvgIpc) is 3.66. The summed E-state index contributed by atoms with van der Waals surface area (Å²) in [5, 5.41) is 7.34. The van der Waals surface area contributed by atoms with Gasteiger partial charge < -0.3 is 14.5 Å². The van der Waals surface area contributed by atoms with Gasteiger partial charge in [0.1, 0.15) is 11.5 Å². The predicted molar refractivity (Wildman–Crippen MR) is 140 cm³/mol. The molecule has 1 aliphatic carbocycles. The van der Waals surface area contributed by atoms with E-state index in [9.17, 15) is 13.6 Å². The monoisotopic (exact) mass is 522 g/mol. The van der Waals surface area contributed by atoms with Gasteiger partial charge in [0, 0.05) is 36.5 Å². The molecule has 3 aromatic rings. The summed E-state index contributed by atoms with van der Waals surface area (Å²) < 4.78 is 32.9. The van der Waals surface area contributed by atoms with Crippen LogP contribution in [-0.2, 0) is 6.54 Å². The maximum absolute atomic E-state index is 14.1. The number of pyridine rings is 1. The van der Waals surface area contributed by atoms with Crippen molar-refractivity contribution in [3.8, 4) is 5.88 Å². The van der Waals surface area contributed by atoms with E-state index in [1.807, 2.05) is 33.9 Å². The topological polar surface area (TPSA) is 77.6 Å². The van der Waals surface area contributed by atoms with Crippen LogP contribution in [0.15, 0.2) is 42.7 Å². The van der Waals surface area contributed by atoms with Gasteiger partial charge in [-0.2, -0.15) is 5.10 Å². The lowest BCUT2D eigenvalue weighted by molar-refractivity contribution is 0.135. The van der Waals surface area contributed by atoms with Crippen molar-refractivity contribution < 1.29 is 18.3 Å². The van der Waals surface area contributed by atoms with Crippen molar-refractivity contribution in [2.24, 2.45) is 0 Å². The Kier molecular flexibility index (Phi) is 6.41. The number of carbonyl (C=O) groups is 1. The third kappa shape index (κ3) is 4.25. The second-order valence-electron chi connectivity index (χ2n) is 10.4. The summed E-state index contributed by atoms with van der Waals surface area (Å²) in [6.07, 6.45) is 4.21. The van der Waals surface area contributed by atoms with E-state index in [1.165, 1.54) is 37.8 Å². The van der Waals surface area contributed by atoms with Gasteiger partial charge in [-0.05, 0) is 55.7 Å². The van der Waals surface area contributed by atoms with Crippen LogP contribution in [0, 0.1) is 0 Å². The van der Waals surface area contributed by atoms with Gasteiger partial charge >= 0.3 is 6.03 Å². The number of fused-ring (bicyclic) bond motifs is 1. The fraction of sp³-hybridized carbons (Fsp3) is 0.464. The van der Waals surface area contributed by atoms with Crippen LogP contribution >= 0.6 is 0 Å². The maximum atomic E-state index is 14.1. The first-order valence-electron chi connectivity index (χ1n) is 13.2. The molecule has 1 saturated carbocycles. The van der Waals surface area contributed by atoms with Crippen LogP contribution in [0.5, 0.6) is 5.88 Å². The molecule has 1 saturated heterocycles. The molecule has 1 unspecified atom stereocenters. The number of aromatic amines is 1. The number of carbonyl (C=O) groups excluding carboxylic acids is 1. The minimum atomic E-state index is -2.63. The van der Waals surface area contributed by atoms with Crippen molar-refractivity contribution >= 4 is 17.5 Å². The standard InChI is InChI=1S/C28H32F2N6O2/c1-17-23-15-32-33-26(23)35(16-19-5-3-4-6-21(19)18-7-8-18)28(37)36(17)20-10-13-34(14-11-20)24-22(25(29)30)9-12-31-27(24)38-2/h3-6,9,12,15,17-18,20,25H,7-8,10-11,13-14,16H2,1-2H3,(H,32,33). The summed E-state index contributed by atoms with van der Waals surface area (Å²) >= 11 is 0. The number of hydrogen-bond acceptors (Lipinski definition) is 5. The van der Waals surface area contributed by atoms with Crippen LogP contribution in [0.3, 0.4) is 0 Å². The number of anilines is 2. The van der Waals surface area contributed by atoms with Crippen LogP contribution in [0.25, 0.3) is 0 Å². The number of rotatable bonds is 7. The minimum Gasteiger partial charge on any atom is -0.480 e. The number of alkyl halides is 2. The Labute approximate surface area is 220 Å². The van der Waals surface area contributed by atoms with E-state index in [1.54, 1.807) is 0 Å². The van der Waals surface area contributed by atoms with Crippen molar-refractivity contribution in [2.45, 2.75) is 63.6 Å². The Morgan fingerprint density at radius 3 is 2.58 bits per heavy atom. The fourth-order valence-electron chi connectivity index (χ4n) is 6.08. The molecule has 8 nitrogen and oxygen atoms in total. The van der Waals surface area contributed by atoms with E-state index in [0.29, 0.717) is 44.1 Å². The number of urea groups is 1. The summed E-state index contributed by atoms with van der Waals surface area (Å²) in [6, 6.07) is 9.50. The Balaban J connectivity index is 1.25. The SMILES string of the molecule is COc1nccc(C(F)F)c1N1CCC(N2C(=O)N(Cc3ccccc3C3CC3)c3[nH]ncc3C2C)CC1. The zero-order valence-electron chi connectivity index (χ0n) is 21.6. The van der Waals surface area contributed by atoms with Crippen LogP contribution in [-0.4, -0.2) is 52.4 Å². The lowest BCUT2D eigenvalue weighted by atomic mass is 9.96. The van der Waals surface area contributed by atoms with Crippen LogP contribution in [0.1, 0.15) is 73.2 Å². The molecule has 0 spiro atoms. The van der Waals surface area contributed by atoms with Crippen LogP contribution < -0.4 is 14.5 Å². The number of H-pyrrole nitrogens is 1. The zero-order valence-corrected chi connectivity index (χ0v) is 21.6. The Morgan fingerprint density at radius 1 is 1.11 bits per heavy atom. The molecule has 2 aliphatic heterocycles. The number of hydrogen-bond donors (Lipinski definition) is 1. The largest absolute Gasteiger partial charge is 0.480 e. The number of benzene rings is 1. The number of amides is 2. The molecular weight excluding hydrogens is 490 g/mol.